The average Bonchev–Trinajstić information content (AvgIpc) is 3.38. The van der Waals surface area contributed by atoms with Gasteiger partial charge in [0.2, 0.25) is 0 Å². The Morgan fingerprint density at radius 3 is 2.62 bits per heavy atom. The molecule has 1 atom stereocenters. The second-order valence-corrected chi connectivity index (χ2v) is 8.74. The van der Waals surface area contributed by atoms with E-state index in [0.29, 0.717) is 17.0 Å². The zero-order valence-electron chi connectivity index (χ0n) is 18.0. The molecule has 7 heteroatoms. The van der Waals surface area contributed by atoms with Crippen LogP contribution in [0.5, 0.6) is 5.75 Å². The maximum absolute atomic E-state index is 12.8. The van der Waals surface area contributed by atoms with Gasteiger partial charge in [-0.1, -0.05) is 30.3 Å². The van der Waals surface area contributed by atoms with Crippen LogP contribution in [0.15, 0.2) is 66.0 Å². The van der Waals surface area contributed by atoms with Crippen LogP contribution in [-0.4, -0.2) is 38.1 Å². The van der Waals surface area contributed by atoms with Crippen molar-refractivity contribution >= 4 is 28.8 Å². The third kappa shape index (κ3) is 5.29. The summed E-state index contributed by atoms with van der Waals surface area (Å²) in [6.07, 6.45) is 1.95. The molecule has 0 spiro atoms. The lowest BCUT2D eigenvalue weighted by atomic mass is 10.0. The summed E-state index contributed by atoms with van der Waals surface area (Å²) in [6, 6.07) is 19.1. The highest BCUT2D eigenvalue weighted by atomic mass is 32.1. The number of carbonyl (C=O) groups is 2. The van der Waals surface area contributed by atoms with Crippen molar-refractivity contribution in [3.63, 3.8) is 0 Å². The maximum Gasteiger partial charge on any atom is 0.261 e. The van der Waals surface area contributed by atoms with E-state index in [2.05, 4.69) is 21.6 Å². The summed E-state index contributed by atoms with van der Waals surface area (Å²) in [5.74, 6) is 0.686. The van der Waals surface area contributed by atoms with Gasteiger partial charge < -0.3 is 20.3 Å². The second-order valence-electron chi connectivity index (χ2n) is 7.79. The number of rotatable bonds is 7. The number of hydrogen-bond acceptors (Lipinski definition) is 5. The minimum absolute atomic E-state index is 0.0749. The van der Waals surface area contributed by atoms with E-state index in [1.165, 1.54) is 11.3 Å². The van der Waals surface area contributed by atoms with Crippen molar-refractivity contribution in [3.05, 3.63) is 82.0 Å². The Labute approximate surface area is 192 Å². The van der Waals surface area contributed by atoms with Crippen molar-refractivity contribution in [2.75, 3.05) is 25.1 Å². The van der Waals surface area contributed by atoms with Crippen LogP contribution >= 0.6 is 11.3 Å². The van der Waals surface area contributed by atoms with Crippen LogP contribution in [0.3, 0.4) is 0 Å². The lowest BCUT2D eigenvalue weighted by Crippen LogP contribution is -2.47. The summed E-state index contributed by atoms with van der Waals surface area (Å²) in [7, 11) is 1.68. The van der Waals surface area contributed by atoms with E-state index in [9.17, 15) is 9.59 Å². The lowest BCUT2D eigenvalue weighted by molar-refractivity contribution is 0.0929. The van der Waals surface area contributed by atoms with Crippen LogP contribution < -0.4 is 20.3 Å². The maximum atomic E-state index is 12.8. The topological polar surface area (TPSA) is 70.7 Å². The highest BCUT2D eigenvalue weighted by molar-refractivity contribution is 7.12. The first-order valence-electron chi connectivity index (χ1n) is 10.7. The van der Waals surface area contributed by atoms with Crippen molar-refractivity contribution < 1.29 is 14.3 Å². The fourth-order valence-electron chi connectivity index (χ4n) is 3.92. The van der Waals surface area contributed by atoms with E-state index in [4.69, 9.17) is 4.74 Å². The van der Waals surface area contributed by atoms with Crippen LogP contribution in [0.25, 0.3) is 0 Å². The number of anilines is 1. The first-order valence-corrected chi connectivity index (χ1v) is 11.6. The molecule has 4 rings (SSSR count). The summed E-state index contributed by atoms with van der Waals surface area (Å²) in [6.45, 7) is 2.12. The Morgan fingerprint density at radius 1 is 1.06 bits per heavy atom. The van der Waals surface area contributed by atoms with Crippen LogP contribution in [0.1, 0.15) is 38.4 Å². The molecule has 0 bridgehead atoms. The molecule has 32 heavy (non-hydrogen) atoms. The third-order valence-electron chi connectivity index (χ3n) is 5.60. The summed E-state index contributed by atoms with van der Waals surface area (Å²) in [5.41, 5.74) is 2.63. The van der Waals surface area contributed by atoms with Gasteiger partial charge in [-0.05, 0) is 54.1 Å². The number of thiophene rings is 1. The molecule has 2 amide bonds. The molecule has 0 radical (unpaired) electrons. The second kappa shape index (κ2) is 10.3. The van der Waals surface area contributed by atoms with Crippen LogP contribution in [0.4, 0.5) is 5.69 Å². The number of methoxy groups -OCH3 is 1. The highest BCUT2D eigenvalue weighted by Gasteiger charge is 2.23. The molecule has 6 nitrogen and oxygen atoms in total. The summed E-state index contributed by atoms with van der Waals surface area (Å²) >= 11 is 1.41. The van der Waals surface area contributed by atoms with Gasteiger partial charge >= 0.3 is 0 Å². The van der Waals surface area contributed by atoms with Gasteiger partial charge in [-0.15, -0.1) is 11.3 Å². The number of nitrogens with one attached hydrogen (secondary N) is 2. The largest absolute Gasteiger partial charge is 0.495 e. The number of amides is 2. The zero-order chi connectivity index (χ0) is 22.3. The minimum Gasteiger partial charge on any atom is -0.495 e. The third-order valence-corrected chi connectivity index (χ3v) is 6.47. The van der Waals surface area contributed by atoms with Gasteiger partial charge in [0.25, 0.3) is 11.8 Å². The number of benzene rings is 2. The molecule has 1 saturated heterocycles. The van der Waals surface area contributed by atoms with Gasteiger partial charge in [-0.2, -0.15) is 0 Å². The molecule has 2 aromatic carbocycles. The molecule has 0 aliphatic carbocycles. The van der Waals surface area contributed by atoms with Gasteiger partial charge in [0.15, 0.2) is 0 Å². The first kappa shape index (κ1) is 21.9. The summed E-state index contributed by atoms with van der Waals surface area (Å²) in [5, 5.41) is 7.95. The fraction of sp³-hybridized carbons (Fsp3) is 0.280. The average molecular weight is 450 g/mol. The van der Waals surface area contributed by atoms with E-state index in [0.717, 1.165) is 42.9 Å². The van der Waals surface area contributed by atoms with Gasteiger partial charge in [-0.3, -0.25) is 9.59 Å². The molecule has 3 aromatic rings. The van der Waals surface area contributed by atoms with Gasteiger partial charge in [0.1, 0.15) is 5.75 Å². The summed E-state index contributed by atoms with van der Waals surface area (Å²) in [4.78, 5) is 27.8. The monoisotopic (exact) mass is 449 g/mol. The molecule has 0 saturated carbocycles. The molecule has 1 aliphatic rings. The SMILES string of the molecule is COc1ccccc1N1CCCC(NC(=O)c2ccc(CNC(=O)c3cccs3)cc2)C1. The number of carbonyl (C=O) groups excluding carboxylic acids is 2. The normalized spacial score (nSPS) is 15.8. The van der Waals surface area contributed by atoms with E-state index >= 15 is 0 Å². The number of para-hydroxylation sites is 2. The Morgan fingerprint density at radius 2 is 1.88 bits per heavy atom. The Bertz CT molecular complexity index is 1050. The van der Waals surface area contributed by atoms with Gasteiger partial charge in [0, 0.05) is 31.2 Å². The van der Waals surface area contributed by atoms with E-state index in [-0.39, 0.29) is 17.9 Å². The quantitative estimate of drug-likeness (QED) is 0.570. The lowest BCUT2D eigenvalue weighted by Gasteiger charge is -2.35. The molecule has 166 valence electrons. The molecule has 2 heterocycles. The Kier molecular flexibility index (Phi) is 7.07. The molecule has 1 aromatic heterocycles. The predicted molar refractivity (Wildman–Crippen MR) is 128 cm³/mol. The molecular weight excluding hydrogens is 422 g/mol. The van der Waals surface area contributed by atoms with Gasteiger partial charge in [0.05, 0.1) is 17.7 Å². The van der Waals surface area contributed by atoms with Crippen molar-refractivity contribution in [1.29, 1.82) is 0 Å². The number of ether oxygens (including phenoxy) is 1. The molecule has 1 fully saturated rings. The number of piperidine rings is 1. The molecule has 1 aliphatic heterocycles. The Hall–Kier alpha value is -3.32. The zero-order valence-corrected chi connectivity index (χ0v) is 18.9. The van der Waals surface area contributed by atoms with Crippen molar-refractivity contribution in [2.24, 2.45) is 0 Å². The van der Waals surface area contributed by atoms with Crippen LogP contribution in [0, 0.1) is 0 Å². The molecular formula is C25H27N3O3S. The predicted octanol–water partition coefficient (Wildman–Crippen LogP) is 4.09. The molecule has 1 unspecified atom stereocenters. The van der Waals surface area contributed by atoms with Crippen molar-refractivity contribution in [2.45, 2.75) is 25.4 Å². The summed E-state index contributed by atoms with van der Waals surface area (Å²) < 4.78 is 5.50. The first-order chi connectivity index (χ1) is 15.6. The van der Waals surface area contributed by atoms with Crippen LogP contribution in [0.2, 0.25) is 0 Å². The van der Waals surface area contributed by atoms with Crippen LogP contribution in [-0.2, 0) is 6.54 Å². The fourth-order valence-corrected chi connectivity index (χ4v) is 4.56. The van der Waals surface area contributed by atoms with E-state index in [1.807, 2.05) is 53.9 Å². The standard InChI is InChI=1S/C25H27N3O3S/c1-31-22-8-3-2-7-21(22)28-14-4-6-20(17-28)27-24(29)19-12-10-18(11-13-19)16-26-25(30)23-9-5-15-32-23/h2-3,5,7-13,15,20H,4,6,14,16-17H2,1H3,(H,26,30)(H,27,29). The van der Waals surface area contributed by atoms with Gasteiger partial charge in [-0.25, -0.2) is 0 Å². The highest BCUT2D eigenvalue weighted by Crippen LogP contribution is 2.30. The smallest absolute Gasteiger partial charge is 0.261 e. The van der Waals surface area contributed by atoms with Crippen molar-refractivity contribution in [1.82, 2.24) is 10.6 Å². The number of nitrogens with zero attached hydrogens (tertiary/aromatic N) is 1. The van der Waals surface area contributed by atoms with E-state index in [1.54, 1.807) is 13.2 Å². The molecule has 2 N–H and O–H groups in total. The van der Waals surface area contributed by atoms with Crippen molar-refractivity contribution in [3.8, 4) is 5.75 Å². The number of hydrogen-bond donors (Lipinski definition) is 2. The minimum atomic E-state index is -0.0845. The van der Waals surface area contributed by atoms with E-state index < -0.39 is 0 Å². The Balaban J connectivity index is 1.32.